The highest BCUT2D eigenvalue weighted by Gasteiger charge is 2.32. The highest BCUT2D eigenvalue weighted by molar-refractivity contribution is 5.62. The predicted octanol–water partition coefficient (Wildman–Crippen LogP) is 1.52. The van der Waals surface area contributed by atoms with Crippen molar-refractivity contribution in [3.8, 4) is 0 Å². The molecular formula is C15H19N5O3. The first-order valence-corrected chi connectivity index (χ1v) is 7.93. The van der Waals surface area contributed by atoms with Crippen molar-refractivity contribution in [2.24, 2.45) is 0 Å². The quantitative estimate of drug-likeness (QED) is 0.680. The maximum atomic E-state index is 11.4. The average molecular weight is 317 g/mol. The molecule has 2 unspecified atom stereocenters. The molecule has 2 saturated heterocycles. The fourth-order valence-electron chi connectivity index (χ4n) is 3.50. The van der Waals surface area contributed by atoms with Crippen LogP contribution < -0.4 is 5.32 Å². The average Bonchev–Trinajstić information content (AvgIpc) is 3.16. The molecule has 2 atom stereocenters. The summed E-state index contributed by atoms with van der Waals surface area (Å²) in [7, 11) is 0. The minimum Gasteiger partial charge on any atom is -0.373 e. The molecule has 8 nitrogen and oxygen atoms in total. The van der Waals surface area contributed by atoms with Crippen molar-refractivity contribution in [2.45, 2.75) is 25.0 Å². The summed E-state index contributed by atoms with van der Waals surface area (Å²) < 4.78 is 7.37. The Kier molecular flexibility index (Phi) is 3.62. The molecule has 4 rings (SSSR count). The Morgan fingerprint density at radius 1 is 1.48 bits per heavy atom. The van der Waals surface area contributed by atoms with E-state index in [1.54, 1.807) is 18.3 Å². The van der Waals surface area contributed by atoms with Gasteiger partial charge in [-0.1, -0.05) is 6.07 Å². The lowest BCUT2D eigenvalue weighted by molar-refractivity contribution is -0.389. The summed E-state index contributed by atoms with van der Waals surface area (Å²) in [6.07, 6.45) is 4.12. The molecule has 0 saturated carbocycles. The molecule has 0 bridgehead atoms. The van der Waals surface area contributed by atoms with E-state index in [1.807, 2.05) is 6.07 Å². The zero-order chi connectivity index (χ0) is 15.8. The zero-order valence-electron chi connectivity index (χ0n) is 12.7. The van der Waals surface area contributed by atoms with Crippen LogP contribution in [-0.4, -0.2) is 57.6 Å². The van der Waals surface area contributed by atoms with Crippen molar-refractivity contribution in [1.82, 2.24) is 14.3 Å². The van der Waals surface area contributed by atoms with E-state index < -0.39 is 4.92 Å². The normalized spacial score (nSPS) is 24.7. The summed E-state index contributed by atoms with van der Waals surface area (Å²) in [5.74, 6) is 0.267. The number of rotatable bonds is 4. The molecule has 2 aromatic rings. The number of aromatic nitrogens is 2. The lowest BCUT2D eigenvalue weighted by atomic mass is 10.2. The Balaban J connectivity index is 1.49. The van der Waals surface area contributed by atoms with Gasteiger partial charge in [-0.15, -0.1) is 0 Å². The van der Waals surface area contributed by atoms with Crippen LogP contribution in [0.4, 0.5) is 11.6 Å². The van der Waals surface area contributed by atoms with Gasteiger partial charge in [0.05, 0.1) is 18.9 Å². The first-order valence-electron chi connectivity index (χ1n) is 7.93. The van der Waals surface area contributed by atoms with E-state index in [4.69, 9.17) is 4.74 Å². The monoisotopic (exact) mass is 317 g/mol. The Morgan fingerprint density at radius 2 is 2.39 bits per heavy atom. The van der Waals surface area contributed by atoms with Gasteiger partial charge in [0, 0.05) is 25.2 Å². The molecule has 0 amide bonds. The van der Waals surface area contributed by atoms with Crippen molar-refractivity contribution in [3.05, 3.63) is 34.5 Å². The third-order valence-corrected chi connectivity index (χ3v) is 4.64. The number of imidazole rings is 1. The molecule has 0 aliphatic carbocycles. The van der Waals surface area contributed by atoms with Crippen LogP contribution >= 0.6 is 0 Å². The molecule has 2 aliphatic heterocycles. The van der Waals surface area contributed by atoms with Crippen molar-refractivity contribution >= 4 is 17.3 Å². The van der Waals surface area contributed by atoms with Crippen molar-refractivity contribution in [2.75, 3.05) is 31.6 Å². The first-order chi connectivity index (χ1) is 11.2. The molecular weight excluding hydrogens is 298 g/mol. The Bertz CT molecular complexity index is 731. The van der Waals surface area contributed by atoms with Crippen LogP contribution in [0, 0.1) is 10.1 Å². The molecule has 0 radical (unpaired) electrons. The van der Waals surface area contributed by atoms with E-state index in [-0.39, 0.29) is 11.9 Å². The highest BCUT2D eigenvalue weighted by atomic mass is 16.6. The smallest absolute Gasteiger partial charge is 0.372 e. The van der Waals surface area contributed by atoms with Gasteiger partial charge in [0.2, 0.25) is 11.5 Å². The van der Waals surface area contributed by atoms with Crippen LogP contribution in [0.1, 0.15) is 12.8 Å². The summed E-state index contributed by atoms with van der Waals surface area (Å²) in [6, 6.07) is 5.87. The van der Waals surface area contributed by atoms with Gasteiger partial charge in [-0.25, -0.2) is 0 Å². The molecule has 2 aromatic heterocycles. The molecule has 1 N–H and O–H groups in total. The summed E-state index contributed by atoms with van der Waals surface area (Å²) >= 11 is 0. The first kappa shape index (κ1) is 14.4. The van der Waals surface area contributed by atoms with E-state index >= 15 is 0 Å². The second kappa shape index (κ2) is 5.78. The fraction of sp³-hybridized carbons (Fsp3) is 0.533. The highest BCUT2D eigenvalue weighted by Crippen LogP contribution is 2.26. The van der Waals surface area contributed by atoms with E-state index in [2.05, 4.69) is 15.2 Å². The Morgan fingerprint density at radius 3 is 3.26 bits per heavy atom. The Hall–Kier alpha value is -2.19. The molecule has 23 heavy (non-hydrogen) atoms. The van der Waals surface area contributed by atoms with Crippen LogP contribution in [-0.2, 0) is 4.74 Å². The van der Waals surface area contributed by atoms with Gasteiger partial charge in [-0.2, -0.15) is 9.38 Å². The van der Waals surface area contributed by atoms with Gasteiger partial charge >= 0.3 is 5.82 Å². The minimum atomic E-state index is -0.402. The van der Waals surface area contributed by atoms with Gasteiger partial charge in [0.25, 0.3) is 0 Å². The Labute approximate surface area is 133 Å². The van der Waals surface area contributed by atoms with E-state index in [1.165, 1.54) is 17.2 Å². The second-order valence-electron chi connectivity index (χ2n) is 6.10. The standard InChI is InChI=1S/C15H19N5O3/c21-20(22)15-14(17-13-5-1-2-7-19(13)15)16-8-12-9-18-6-3-4-11(18)10-23-12/h1-2,5,7,11-12,16H,3-4,6,8-10H2. The number of ether oxygens (including phenoxy) is 1. The maximum Gasteiger partial charge on any atom is 0.372 e. The number of hydrogen-bond donors (Lipinski definition) is 1. The van der Waals surface area contributed by atoms with E-state index in [0.29, 0.717) is 24.1 Å². The molecule has 2 aliphatic rings. The summed E-state index contributed by atoms with van der Waals surface area (Å²) in [6.45, 7) is 3.27. The van der Waals surface area contributed by atoms with Crippen LogP contribution in [0.5, 0.6) is 0 Å². The van der Waals surface area contributed by atoms with Crippen molar-refractivity contribution in [1.29, 1.82) is 0 Å². The van der Waals surface area contributed by atoms with Gasteiger partial charge in [0.15, 0.2) is 0 Å². The van der Waals surface area contributed by atoms with E-state index in [9.17, 15) is 10.1 Å². The number of nitrogens with one attached hydrogen (secondary N) is 1. The molecule has 0 spiro atoms. The number of nitro groups is 1. The van der Waals surface area contributed by atoms with Crippen LogP contribution in [0.25, 0.3) is 5.65 Å². The van der Waals surface area contributed by atoms with E-state index in [0.717, 1.165) is 19.7 Å². The van der Waals surface area contributed by atoms with Crippen LogP contribution in [0.3, 0.4) is 0 Å². The minimum absolute atomic E-state index is 0.0320. The van der Waals surface area contributed by atoms with Gasteiger partial charge in [-0.05, 0) is 30.4 Å². The van der Waals surface area contributed by atoms with Gasteiger partial charge in [-0.3, -0.25) is 4.90 Å². The maximum absolute atomic E-state index is 11.4. The van der Waals surface area contributed by atoms with Crippen LogP contribution in [0.15, 0.2) is 24.4 Å². The molecule has 2 fully saturated rings. The van der Waals surface area contributed by atoms with Crippen molar-refractivity contribution in [3.63, 3.8) is 0 Å². The van der Waals surface area contributed by atoms with Crippen LogP contribution in [0.2, 0.25) is 0 Å². The molecule has 122 valence electrons. The zero-order valence-corrected chi connectivity index (χ0v) is 12.7. The number of nitrogens with zero attached hydrogens (tertiary/aromatic N) is 4. The third kappa shape index (κ3) is 2.64. The summed E-state index contributed by atoms with van der Waals surface area (Å²) in [4.78, 5) is 17.7. The summed E-state index contributed by atoms with van der Waals surface area (Å²) in [5, 5.41) is 14.5. The SMILES string of the molecule is O=[N+]([O-])c1c(NCC2CN3CCCC3CO2)nc2ccccn12. The largest absolute Gasteiger partial charge is 0.373 e. The lowest BCUT2D eigenvalue weighted by Crippen LogP contribution is -2.48. The number of pyridine rings is 1. The number of hydrogen-bond acceptors (Lipinski definition) is 6. The molecule has 0 aromatic carbocycles. The molecule has 8 heteroatoms. The number of fused-ring (bicyclic) bond motifs is 2. The van der Waals surface area contributed by atoms with Gasteiger partial charge < -0.3 is 20.2 Å². The molecule has 4 heterocycles. The number of anilines is 1. The fourth-order valence-corrected chi connectivity index (χ4v) is 3.50. The predicted molar refractivity (Wildman–Crippen MR) is 84.7 cm³/mol. The second-order valence-corrected chi connectivity index (χ2v) is 6.10. The van der Waals surface area contributed by atoms with Crippen molar-refractivity contribution < 1.29 is 9.66 Å². The third-order valence-electron chi connectivity index (χ3n) is 4.64. The van der Waals surface area contributed by atoms with Gasteiger partial charge in [0.1, 0.15) is 0 Å². The summed E-state index contributed by atoms with van der Waals surface area (Å²) in [5.41, 5.74) is 0.561. The topological polar surface area (TPSA) is 84.9 Å². The number of morpholine rings is 1. The lowest BCUT2D eigenvalue weighted by Gasteiger charge is -2.35.